The van der Waals surface area contributed by atoms with E-state index in [9.17, 15) is 4.79 Å². The maximum Gasteiger partial charge on any atom is 0.207 e. The second-order valence-electron chi connectivity index (χ2n) is 4.70. The molecule has 0 saturated heterocycles. The number of rotatable bonds is 9. The van der Waals surface area contributed by atoms with Gasteiger partial charge in [0, 0.05) is 11.4 Å². The quantitative estimate of drug-likeness (QED) is 0.224. The number of nitrogens with two attached hydrogens (primary N) is 1. The van der Waals surface area contributed by atoms with E-state index in [0.29, 0.717) is 22.7 Å². The zero-order chi connectivity index (χ0) is 16.4. The number of carbonyl (C=O) groups is 1. The van der Waals surface area contributed by atoms with Crippen molar-refractivity contribution in [1.29, 1.82) is 0 Å². The summed E-state index contributed by atoms with van der Waals surface area (Å²) >= 11 is 1.48. The van der Waals surface area contributed by atoms with Crippen LogP contribution in [-0.4, -0.2) is 18.6 Å². The number of allylic oxidation sites excluding steroid dienone is 5. The summed E-state index contributed by atoms with van der Waals surface area (Å²) in [5.41, 5.74) is 8.08. The fraction of sp³-hybridized carbons (Fsp3) is 0.438. The molecule has 0 saturated carbocycles. The lowest BCUT2D eigenvalue weighted by atomic mass is 10.1. The Morgan fingerprint density at radius 1 is 1.33 bits per heavy atom. The molecule has 0 fully saturated rings. The predicted octanol–water partition coefficient (Wildman–Crippen LogP) is 3.45. The highest BCUT2D eigenvalue weighted by molar-refractivity contribution is 7.97. The van der Waals surface area contributed by atoms with Crippen molar-refractivity contribution in [3.05, 3.63) is 47.0 Å². The molecule has 0 aromatic rings. The van der Waals surface area contributed by atoms with Crippen LogP contribution in [0.3, 0.4) is 0 Å². The van der Waals surface area contributed by atoms with Crippen molar-refractivity contribution in [2.75, 3.05) is 12.9 Å². The van der Waals surface area contributed by atoms with Gasteiger partial charge >= 0.3 is 0 Å². The number of Topliss-reactive ketones (excluding diaryl/α,β-unsaturated/α-hetero) is 1. The van der Waals surface area contributed by atoms with Crippen LogP contribution >= 0.6 is 11.9 Å². The number of ether oxygens (including phenoxy) is 1. The number of ketones is 1. The summed E-state index contributed by atoms with van der Waals surface area (Å²) in [6.45, 7) is 11.2. The zero-order valence-electron chi connectivity index (χ0n) is 13.6. The molecule has 0 rings (SSSR count). The second kappa shape index (κ2) is 10.2. The highest BCUT2D eigenvalue weighted by Crippen LogP contribution is 2.12. The molecule has 0 aliphatic heterocycles. The number of methoxy groups -OCH3 is 1. The van der Waals surface area contributed by atoms with Gasteiger partial charge in [0.1, 0.15) is 11.5 Å². The third-order valence-electron chi connectivity index (χ3n) is 2.59. The molecule has 0 atom stereocenters. The number of hydrogen-bond acceptors (Lipinski definition) is 5. The highest BCUT2D eigenvalue weighted by Gasteiger charge is 2.13. The van der Waals surface area contributed by atoms with E-state index in [-0.39, 0.29) is 5.78 Å². The van der Waals surface area contributed by atoms with Crippen LogP contribution in [0.5, 0.6) is 0 Å². The van der Waals surface area contributed by atoms with E-state index in [0.717, 1.165) is 17.7 Å². The molecule has 21 heavy (non-hydrogen) atoms. The second-order valence-corrected chi connectivity index (χ2v) is 5.60. The molecule has 0 heterocycles. The van der Waals surface area contributed by atoms with Gasteiger partial charge in [-0.05, 0) is 44.4 Å². The minimum Gasteiger partial charge on any atom is -0.497 e. The van der Waals surface area contributed by atoms with Crippen molar-refractivity contribution in [1.82, 2.24) is 4.72 Å². The van der Waals surface area contributed by atoms with Gasteiger partial charge in [0.05, 0.1) is 7.11 Å². The van der Waals surface area contributed by atoms with E-state index in [1.807, 2.05) is 6.92 Å². The molecule has 5 heteroatoms. The van der Waals surface area contributed by atoms with E-state index in [4.69, 9.17) is 10.5 Å². The minimum absolute atomic E-state index is 0.118. The van der Waals surface area contributed by atoms with Crippen LogP contribution in [0.15, 0.2) is 47.0 Å². The van der Waals surface area contributed by atoms with Gasteiger partial charge in [0.15, 0.2) is 0 Å². The Bertz CT molecular complexity index is 473. The predicted molar refractivity (Wildman–Crippen MR) is 91.4 cm³/mol. The first-order valence-corrected chi connectivity index (χ1v) is 7.80. The molecule has 4 nitrogen and oxygen atoms in total. The lowest BCUT2D eigenvalue weighted by Crippen LogP contribution is -2.20. The van der Waals surface area contributed by atoms with E-state index in [1.165, 1.54) is 11.9 Å². The van der Waals surface area contributed by atoms with Gasteiger partial charge in [-0.25, -0.2) is 0 Å². The smallest absolute Gasteiger partial charge is 0.207 e. The topological polar surface area (TPSA) is 64.4 Å². The summed E-state index contributed by atoms with van der Waals surface area (Å²) < 4.78 is 8.22. The molecule has 0 aliphatic rings. The maximum atomic E-state index is 12.4. The van der Waals surface area contributed by atoms with Crippen molar-refractivity contribution in [2.24, 2.45) is 5.73 Å². The van der Waals surface area contributed by atoms with Gasteiger partial charge in [-0.3, -0.25) is 4.79 Å². The molecular weight excluding hydrogens is 284 g/mol. The van der Waals surface area contributed by atoms with Crippen molar-refractivity contribution in [2.45, 2.75) is 34.1 Å². The van der Waals surface area contributed by atoms with Crippen LogP contribution < -0.4 is 10.5 Å². The fourth-order valence-corrected chi connectivity index (χ4v) is 2.09. The Hall–Kier alpha value is -1.62. The third-order valence-corrected chi connectivity index (χ3v) is 3.55. The molecule has 0 spiro atoms. The normalized spacial score (nSPS) is 13.6. The van der Waals surface area contributed by atoms with Gasteiger partial charge in [-0.15, -0.1) is 0 Å². The third kappa shape index (κ3) is 7.09. The van der Waals surface area contributed by atoms with Gasteiger partial charge in [-0.2, -0.15) is 0 Å². The van der Waals surface area contributed by atoms with E-state index < -0.39 is 0 Å². The Morgan fingerprint density at radius 2 is 1.95 bits per heavy atom. The first-order valence-electron chi connectivity index (χ1n) is 6.82. The molecule has 0 aromatic heterocycles. The van der Waals surface area contributed by atoms with Crippen LogP contribution in [0.4, 0.5) is 0 Å². The highest BCUT2D eigenvalue weighted by atomic mass is 32.2. The molecule has 0 bridgehead atoms. The monoisotopic (exact) mass is 310 g/mol. The van der Waals surface area contributed by atoms with E-state index >= 15 is 0 Å². The summed E-state index contributed by atoms with van der Waals surface area (Å²) in [4.78, 5) is 12.4. The molecule has 0 aliphatic carbocycles. The zero-order valence-corrected chi connectivity index (χ0v) is 14.4. The molecule has 0 aromatic carbocycles. The maximum absolute atomic E-state index is 12.4. The van der Waals surface area contributed by atoms with Gasteiger partial charge in [0.2, 0.25) is 5.78 Å². The lowest BCUT2D eigenvalue weighted by Gasteiger charge is -2.11. The number of carbonyl (C=O) groups excluding carboxylic acids is 1. The first kappa shape index (κ1) is 19.4. The average molecular weight is 310 g/mol. The Balaban J connectivity index is 5.10. The van der Waals surface area contributed by atoms with Crippen LogP contribution in [-0.2, 0) is 9.53 Å². The number of hydrogen-bond donors (Lipinski definition) is 2. The molecule has 0 amide bonds. The van der Waals surface area contributed by atoms with Crippen molar-refractivity contribution in [3.63, 3.8) is 0 Å². The first-order chi connectivity index (χ1) is 9.84. The Labute approximate surface area is 132 Å². The largest absolute Gasteiger partial charge is 0.497 e. The van der Waals surface area contributed by atoms with Crippen LogP contribution in [0.1, 0.15) is 34.1 Å². The molecule has 0 radical (unpaired) electrons. The lowest BCUT2D eigenvalue weighted by molar-refractivity contribution is -0.112. The van der Waals surface area contributed by atoms with Crippen molar-refractivity contribution in [3.8, 4) is 0 Å². The van der Waals surface area contributed by atoms with E-state index in [2.05, 4.69) is 18.2 Å². The average Bonchev–Trinajstić information content (AvgIpc) is 2.42. The molecular formula is C16H26N2O2S. The van der Waals surface area contributed by atoms with Crippen LogP contribution in [0.25, 0.3) is 0 Å². The Kier molecular flexibility index (Phi) is 9.37. The molecule has 118 valence electrons. The summed E-state index contributed by atoms with van der Waals surface area (Å²) in [5.74, 6) is 1.44. The molecule has 0 unspecified atom stereocenters. The minimum atomic E-state index is -0.118. The Morgan fingerprint density at radius 3 is 2.38 bits per heavy atom. The van der Waals surface area contributed by atoms with Gasteiger partial charge in [-0.1, -0.05) is 31.5 Å². The van der Waals surface area contributed by atoms with Gasteiger partial charge in [0.25, 0.3) is 0 Å². The van der Waals surface area contributed by atoms with Crippen molar-refractivity contribution >= 4 is 17.7 Å². The van der Waals surface area contributed by atoms with Crippen LogP contribution in [0.2, 0.25) is 0 Å². The molecule has 3 N–H and O–H groups in total. The van der Waals surface area contributed by atoms with E-state index in [1.54, 1.807) is 33.1 Å². The number of nitrogens with one attached hydrogen (secondary N) is 1. The van der Waals surface area contributed by atoms with Crippen molar-refractivity contribution < 1.29 is 9.53 Å². The summed E-state index contributed by atoms with van der Waals surface area (Å²) in [5, 5.41) is 0. The van der Waals surface area contributed by atoms with Gasteiger partial charge < -0.3 is 15.2 Å². The summed E-state index contributed by atoms with van der Waals surface area (Å²) in [6.07, 6.45) is 4.47. The SMILES string of the molecule is C=C(C)/C(=C\C=C(/C)C(=O)/C(NSCCC)=C(/C)N)OC. The summed E-state index contributed by atoms with van der Waals surface area (Å²) in [7, 11) is 1.57. The standard InChI is InChI=1S/C16H26N2O2S/c1-7-10-21-18-15(13(5)17)16(19)12(4)8-9-14(20-6)11(2)3/h8-9,18H,2,7,10,17H2,1,3-6H3/b12-8+,14-9+,15-13+. The fourth-order valence-electron chi connectivity index (χ4n) is 1.39. The summed E-state index contributed by atoms with van der Waals surface area (Å²) in [6, 6.07) is 0. The van der Waals surface area contributed by atoms with Crippen LogP contribution in [0, 0.1) is 0 Å².